The van der Waals surface area contributed by atoms with Gasteiger partial charge in [0.25, 0.3) is 0 Å². The maximum atomic E-state index is 12.1. The van der Waals surface area contributed by atoms with Gasteiger partial charge < -0.3 is 14.8 Å². The smallest absolute Gasteiger partial charge is 0.408 e. The normalized spacial score (nSPS) is 21.2. The number of hydrogen-bond donors (Lipinski definition) is 1. The van der Waals surface area contributed by atoms with E-state index in [0.29, 0.717) is 23.9 Å². The highest BCUT2D eigenvalue weighted by molar-refractivity contribution is 14.1. The van der Waals surface area contributed by atoms with Gasteiger partial charge in [0, 0.05) is 12.0 Å². The summed E-state index contributed by atoms with van der Waals surface area (Å²) in [7, 11) is 0. The van der Waals surface area contributed by atoms with E-state index in [2.05, 4.69) is 32.9 Å². The van der Waals surface area contributed by atoms with Gasteiger partial charge in [-0.2, -0.15) is 0 Å². The Hall–Kier alpha value is -0.760. The zero-order valence-electron chi connectivity index (χ0n) is 12.4. The zero-order chi connectivity index (χ0) is 15.8. The highest BCUT2D eigenvalue weighted by Crippen LogP contribution is 2.41. The summed E-state index contributed by atoms with van der Waals surface area (Å²) >= 11 is 8.22. The number of pyridine rings is 1. The average molecular weight is 425 g/mol. The zero-order valence-corrected chi connectivity index (χ0v) is 15.3. The highest BCUT2D eigenvalue weighted by Gasteiger charge is 2.37. The molecule has 1 amide bonds. The van der Waals surface area contributed by atoms with Crippen LogP contribution in [0.5, 0.6) is 5.75 Å². The first-order valence-corrected chi connectivity index (χ1v) is 8.07. The molecule has 2 rings (SSSR count). The number of amides is 1. The minimum absolute atomic E-state index is 0.314. The van der Waals surface area contributed by atoms with Crippen molar-refractivity contribution in [3.05, 3.63) is 20.5 Å². The number of hydrogen-bond acceptors (Lipinski definition) is 4. The van der Waals surface area contributed by atoms with Crippen LogP contribution in [0.15, 0.2) is 6.07 Å². The van der Waals surface area contributed by atoms with E-state index in [-0.39, 0.29) is 0 Å². The Morgan fingerprint density at radius 2 is 2.24 bits per heavy atom. The highest BCUT2D eigenvalue weighted by atomic mass is 127. The van der Waals surface area contributed by atoms with E-state index < -0.39 is 17.2 Å². The van der Waals surface area contributed by atoms with E-state index in [1.54, 1.807) is 0 Å². The predicted octanol–water partition coefficient (Wildman–Crippen LogP) is 3.86. The van der Waals surface area contributed by atoms with Crippen LogP contribution in [-0.2, 0) is 10.3 Å². The van der Waals surface area contributed by atoms with E-state index in [1.165, 1.54) is 0 Å². The number of carbonyl (C=O) groups is 1. The van der Waals surface area contributed by atoms with Crippen molar-refractivity contribution < 1.29 is 14.3 Å². The molecule has 5 nitrogen and oxygen atoms in total. The van der Waals surface area contributed by atoms with Crippen molar-refractivity contribution in [1.82, 2.24) is 10.3 Å². The van der Waals surface area contributed by atoms with E-state index in [0.717, 1.165) is 9.26 Å². The van der Waals surface area contributed by atoms with Crippen molar-refractivity contribution in [2.75, 3.05) is 6.61 Å². The quantitative estimate of drug-likeness (QED) is 0.549. The molecule has 1 aliphatic rings. The largest absolute Gasteiger partial charge is 0.490 e. The lowest BCUT2D eigenvalue weighted by molar-refractivity contribution is 0.0432. The van der Waals surface area contributed by atoms with Crippen molar-refractivity contribution in [3.8, 4) is 5.75 Å². The summed E-state index contributed by atoms with van der Waals surface area (Å²) in [6, 6.07) is 1.87. The van der Waals surface area contributed by atoms with Gasteiger partial charge in [-0.3, -0.25) is 0 Å². The Kier molecular flexibility index (Phi) is 4.58. The van der Waals surface area contributed by atoms with Crippen LogP contribution >= 0.6 is 34.2 Å². The van der Waals surface area contributed by atoms with Gasteiger partial charge >= 0.3 is 6.09 Å². The summed E-state index contributed by atoms with van der Waals surface area (Å²) in [5.41, 5.74) is -0.315. The third kappa shape index (κ3) is 3.91. The van der Waals surface area contributed by atoms with Crippen LogP contribution in [-0.4, -0.2) is 23.3 Å². The van der Waals surface area contributed by atoms with Gasteiger partial charge in [-0.05, 0) is 56.4 Å². The fourth-order valence-corrected chi connectivity index (χ4v) is 3.11. The fourth-order valence-electron chi connectivity index (χ4n) is 2.17. The second-order valence-corrected chi connectivity index (χ2v) is 7.63. The van der Waals surface area contributed by atoms with Crippen molar-refractivity contribution in [3.63, 3.8) is 0 Å². The number of aromatic nitrogens is 1. The molecule has 1 aliphatic heterocycles. The summed E-state index contributed by atoms with van der Waals surface area (Å²) in [5.74, 6) is 0.530. The molecule has 0 saturated heterocycles. The number of rotatable bonds is 1. The molecule has 2 heterocycles. The number of halogens is 2. The van der Waals surface area contributed by atoms with Crippen LogP contribution in [0.1, 0.15) is 39.7 Å². The molecule has 1 aromatic heterocycles. The Bertz CT molecular complexity index is 574. The third-order valence-corrected chi connectivity index (χ3v) is 3.93. The maximum Gasteiger partial charge on any atom is 0.408 e. The molecule has 0 aromatic carbocycles. The maximum absolute atomic E-state index is 12.1. The molecule has 1 N–H and O–H groups in total. The fraction of sp³-hybridized carbons (Fsp3) is 0.571. The number of fused-ring (bicyclic) bond motifs is 1. The molecule has 0 radical (unpaired) electrons. The van der Waals surface area contributed by atoms with Crippen LogP contribution in [0.3, 0.4) is 0 Å². The molecular formula is C14H18ClIN2O3. The molecule has 7 heteroatoms. The number of nitrogens with one attached hydrogen (secondary N) is 1. The lowest BCUT2D eigenvalue weighted by Crippen LogP contribution is -2.48. The van der Waals surface area contributed by atoms with E-state index in [1.807, 2.05) is 33.8 Å². The predicted molar refractivity (Wildman–Crippen MR) is 88.8 cm³/mol. The van der Waals surface area contributed by atoms with E-state index in [4.69, 9.17) is 21.1 Å². The van der Waals surface area contributed by atoms with Gasteiger partial charge in [-0.1, -0.05) is 11.6 Å². The Morgan fingerprint density at radius 3 is 2.86 bits per heavy atom. The van der Waals surface area contributed by atoms with Crippen LogP contribution in [0.4, 0.5) is 4.79 Å². The molecule has 1 unspecified atom stereocenters. The molecule has 0 fully saturated rings. The molecule has 1 aromatic rings. The van der Waals surface area contributed by atoms with Crippen molar-refractivity contribution in [2.24, 2.45) is 0 Å². The number of alkyl carbamates (subject to hydrolysis) is 1. The number of ether oxygens (including phenoxy) is 2. The molecule has 0 aliphatic carbocycles. The van der Waals surface area contributed by atoms with Gasteiger partial charge in [0.2, 0.25) is 0 Å². The summed E-state index contributed by atoms with van der Waals surface area (Å²) in [6.07, 6.45) is 0.177. The topological polar surface area (TPSA) is 60.5 Å². The van der Waals surface area contributed by atoms with Crippen molar-refractivity contribution in [2.45, 2.75) is 45.3 Å². The van der Waals surface area contributed by atoms with Crippen LogP contribution in [0.2, 0.25) is 5.15 Å². The van der Waals surface area contributed by atoms with Crippen LogP contribution < -0.4 is 10.1 Å². The van der Waals surface area contributed by atoms with Crippen LogP contribution in [0, 0.1) is 3.70 Å². The van der Waals surface area contributed by atoms with Gasteiger partial charge in [0.05, 0.1) is 12.1 Å². The lowest BCUT2D eigenvalue weighted by atomic mass is 9.87. The van der Waals surface area contributed by atoms with Crippen molar-refractivity contribution in [1.29, 1.82) is 0 Å². The minimum Gasteiger partial charge on any atom is -0.490 e. The summed E-state index contributed by atoms with van der Waals surface area (Å²) in [6.45, 7) is 7.88. The standard InChI is InChI=1S/C14H18ClIN2O3/c1-13(2,3)21-12(19)18-14(4)5-6-20-10-8(14)7-9(16)17-11(10)15/h7H,5-6H2,1-4H3,(H,18,19). The van der Waals surface area contributed by atoms with Gasteiger partial charge in [-0.25, -0.2) is 9.78 Å². The van der Waals surface area contributed by atoms with E-state index >= 15 is 0 Å². The van der Waals surface area contributed by atoms with Gasteiger partial charge in [-0.15, -0.1) is 0 Å². The summed E-state index contributed by atoms with van der Waals surface area (Å²) < 4.78 is 11.7. The third-order valence-electron chi connectivity index (χ3n) is 3.12. The molecule has 1 atom stereocenters. The molecule has 0 spiro atoms. The minimum atomic E-state index is -0.595. The second-order valence-electron chi connectivity index (χ2n) is 6.17. The van der Waals surface area contributed by atoms with Gasteiger partial charge in [0.15, 0.2) is 10.9 Å². The first-order chi connectivity index (χ1) is 9.61. The molecule has 0 saturated carbocycles. The Labute approximate surface area is 142 Å². The average Bonchev–Trinajstić information content (AvgIpc) is 2.27. The first-order valence-electron chi connectivity index (χ1n) is 6.61. The number of nitrogens with zero attached hydrogens (tertiary/aromatic N) is 1. The summed E-state index contributed by atoms with van der Waals surface area (Å²) in [4.78, 5) is 16.3. The SMILES string of the molecule is CC(C)(C)OC(=O)NC1(C)CCOc2c1cc(I)nc2Cl. The molecule has 21 heavy (non-hydrogen) atoms. The second kappa shape index (κ2) is 5.79. The molecule has 0 bridgehead atoms. The summed E-state index contributed by atoms with van der Waals surface area (Å²) in [5, 5.41) is 3.25. The Balaban J connectivity index is 2.31. The lowest BCUT2D eigenvalue weighted by Gasteiger charge is -2.37. The van der Waals surface area contributed by atoms with Crippen molar-refractivity contribution >= 4 is 40.3 Å². The number of carbonyl (C=O) groups excluding carboxylic acids is 1. The Morgan fingerprint density at radius 1 is 1.57 bits per heavy atom. The van der Waals surface area contributed by atoms with Crippen LogP contribution in [0.25, 0.3) is 0 Å². The molecule has 116 valence electrons. The monoisotopic (exact) mass is 424 g/mol. The van der Waals surface area contributed by atoms with Gasteiger partial charge in [0.1, 0.15) is 9.30 Å². The molecular weight excluding hydrogens is 407 g/mol. The first kappa shape index (κ1) is 16.6. The van der Waals surface area contributed by atoms with E-state index in [9.17, 15) is 4.79 Å².